The number of aromatic nitrogens is 1. The Hall–Kier alpha value is -2.94. The summed E-state index contributed by atoms with van der Waals surface area (Å²) in [7, 11) is 0. The number of carbonyl (C=O) groups excluding carboxylic acids is 1. The van der Waals surface area contributed by atoms with E-state index in [1.165, 1.54) is 0 Å². The molecule has 3 rings (SSSR count). The van der Waals surface area contributed by atoms with Crippen LogP contribution in [0.2, 0.25) is 0 Å². The zero-order valence-electron chi connectivity index (χ0n) is 12.9. The minimum atomic E-state index is 0.477. The van der Waals surface area contributed by atoms with Crippen LogP contribution >= 0.6 is 0 Å². The molecule has 0 bridgehead atoms. The third kappa shape index (κ3) is 3.64. The van der Waals surface area contributed by atoms with E-state index >= 15 is 0 Å². The molecule has 0 amide bonds. The predicted molar refractivity (Wildman–Crippen MR) is 90.6 cm³/mol. The van der Waals surface area contributed by atoms with Gasteiger partial charge < -0.3 is 4.74 Å². The highest BCUT2D eigenvalue weighted by atomic mass is 16.5. The number of nitrogens with zero attached hydrogens (tertiary/aromatic N) is 1. The molecule has 0 saturated carbocycles. The maximum Gasteiger partial charge on any atom is 0.150 e. The quantitative estimate of drug-likeness (QED) is 0.654. The summed E-state index contributed by atoms with van der Waals surface area (Å²) in [5, 5.41) is 0. The van der Waals surface area contributed by atoms with E-state index in [4.69, 9.17) is 4.74 Å². The summed E-state index contributed by atoms with van der Waals surface area (Å²) >= 11 is 0. The van der Waals surface area contributed by atoms with E-state index in [0.717, 1.165) is 28.7 Å². The lowest BCUT2D eigenvalue weighted by Gasteiger charge is -2.10. The van der Waals surface area contributed by atoms with Gasteiger partial charge in [0.25, 0.3) is 0 Å². The van der Waals surface area contributed by atoms with Crippen LogP contribution in [0.4, 0.5) is 0 Å². The molecule has 0 atom stereocenters. The maximum absolute atomic E-state index is 11.4. The van der Waals surface area contributed by atoms with Gasteiger partial charge in [-0.1, -0.05) is 36.4 Å². The van der Waals surface area contributed by atoms with Gasteiger partial charge in [0.05, 0.1) is 0 Å². The summed E-state index contributed by atoms with van der Waals surface area (Å²) in [6.07, 6.45) is 2.63. The van der Waals surface area contributed by atoms with Crippen LogP contribution in [0.15, 0.2) is 66.9 Å². The topological polar surface area (TPSA) is 39.2 Å². The number of pyridine rings is 1. The highest BCUT2D eigenvalue weighted by molar-refractivity contribution is 5.88. The monoisotopic (exact) mass is 303 g/mol. The first-order chi connectivity index (χ1) is 11.3. The van der Waals surface area contributed by atoms with Gasteiger partial charge in [-0.3, -0.25) is 9.78 Å². The fourth-order valence-electron chi connectivity index (χ4n) is 2.36. The second kappa shape index (κ2) is 6.88. The second-order valence-corrected chi connectivity index (χ2v) is 5.33. The van der Waals surface area contributed by atoms with Crippen molar-refractivity contribution in [3.8, 4) is 16.9 Å². The van der Waals surface area contributed by atoms with Gasteiger partial charge in [-0.15, -0.1) is 0 Å². The van der Waals surface area contributed by atoms with E-state index in [0.29, 0.717) is 17.9 Å². The van der Waals surface area contributed by atoms with Crippen LogP contribution in [0.1, 0.15) is 21.6 Å². The van der Waals surface area contributed by atoms with Crippen molar-refractivity contribution in [2.45, 2.75) is 13.5 Å². The van der Waals surface area contributed by atoms with Crippen LogP contribution in [-0.2, 0) is 6.61 Å². The maximum atomic E-state index is 11.4. The zero-order valence-corrected chi connectivity index (χ0v) is 12.9. The van der Waals surface area contributed by atoms with Crippen LogP contribution in [0.25, 0.3) is 11.1 Å². The van der Waals surface area contributed by atoms with Gasteiger partial charge in [0, 0.05) is 23.0 Å². The van der Waals surface area contributed by atoms with Crippen LogP contribution in [-0.4, -0.2) is 11.3 Å². The average molecular weight is 303 g/mol. The van der Waals surface area contributed by atoms with Crippen molar-refractivity contribution in [1.82, 2.24) is 4.98 Å². The number of ether oxygens (including phenoxy) is 1. The fraction of sp³-hybridized carbons (Fsp3) is 0.100. The highest BCUT2D eigenvalue weighted by Crippen LogP contribution is 2.26. The van der Waals surface area contributed by atoms with Crippen molar-refractivity contribution < 1.29 is 9.53 Å². The molecule has 23 heavy (non-hydrogen) atoms. The summed E-state index contributed by atoms with van der Waals surface area (Å²) in [6.45, 7) is 2.41. The number of aryl methyl sites for hydroxylation is 1. The first kappa shape index (κ1) is 15.0. The molecule has 0 N–H and O–H groups in total. The summed E-state index contributed by atoms with van der Waals surface area (Å²) < 4.78 is 5.77. The largest absolute Gasteiger partial charge is 0.489 e. The molecule has 0 aliphatic rings. The highest BCUT2D eigenvalue weighted by Gasteiger charge is 2.07. The summed E-state index contributed by atoms with van der Waals surface area (Å²) in [4.78, 5) is 15.7. The molecule has 1 aromatic heterocycles. The van der Waals surface area contributed by atoms with Crippen LogP contribution in [0, 0.1) is 6.92 Å². The van der Waals surface area contributed by atoms with Gasteiger partial charge in [0.2, 0.25) is 0 Å². The minimum Gasteiger partial charge on any atom is -0.489 e. The SMILES string of the molecule is Cc1ccc(-c2ccc(OCc3ccccc3)cc2C=O)cn1. The normalized spacial score (nSPS) is 10.3. The number of rotatable bonds is 5. The molecular formula is C20H17NO2. The Labute approximate surface area is 135 Å². The molecule has 0 saturated heterocycles. The Balaban J connectivity index is 1.82. The van der Waals surface area contributed by atoms with Crippen LogP contribution < -0.4 is 4.74 Å². The molecule has 0 unspecified atom stereocenters. The third-order valence-electron chi connectivity index (χ3n) is 3.62. The molecule has 3 heteroatoms. The Morgan fingerprint density at radius 2 is 1.87 bits per heavy atom. The van der Waals surface area contributed by atoms with E-state index in [-0.39, 0.29) is 0 Å². The van der Waals surface area contributed by atoms with E-state index < -0.39 is 0 Å². The number of aldehydes is 1. The van der Waals surface area contributed by atoms with Crippen molar-refractivity contribution in [1.29, 1.82) is 0 Å². The van der Waals surface area contributed by atoms with Gasteiger partial charge in [-0.2, -0.15) is 0 Å². The molecule has 2 aromatic carbocycles. The molecule has 3 nitrogen and oxygen atoms in total. The first-order valence-electron chi connectivity index (χ1n) is 7.45. The van der Waals surface area contributed by atoms with Crippen molar-refractivity contribution in [2.24, 2.45) is 0 Å². The smallest absolute Gasteiger partial charge is 0.150 e. The standard InChI is InChI=1S/C20H17NO2/c1-15-7-8-17(12-21-15)20-10-9-19(11-18(20)13-22)23-14-16-5-3-2-4-6-16/h2-13H,14H2,1H3. The van der Waals surface area contributed by atoms with Gasteiger partial charge in [0.15, 0.2) is 6.29 Å². The zero-order chi connectivity index (χ0) is 16.1. The molecule has 0 aliphatic carbocycles. The van der Waals surface area contributed by atoms with E-state index in [1.54, 1.807) is 12.3 Å². The van der Waals surface area contributed by atoms with E-state index in [1.807, 2.05) is 61.5 Å². The second-order valence-electron chi connectivity index (χ2n) is 5.33. The molecule has 3 aromatic rings. The number of hydrogen-bond donors (Lipinski definition) is 0. The molecule has 0 radical (unpaired) electrons. The molecule has 1 heterocycles. The molecule has 0 fully saturated rings. The first-order valence-corrected chi connectivity index (χ1v) is 7.45. The minimum absolute atomic E-state index is 0.477. The molecule has 0 spiro atoms. The lowest BCUT2D eigenvalue weighted by molar-refractivity contribution is 0.112. The van der Waals surface area contributed by atoms with Gasteiger partial charge in [-0.05, 0) is 42.3 Å². The Morgan fingerprint density at radius 1 is 1.04 bits per heavy atom. The summed E-state index contributed by atoms with van der Waals surface area (Å²) in [5.41, 5.74) is 4.42. The van der Waals surface area contributed by atoms with Crippen LogP contribution in [0.5, 0.6) is 5.75 Å². The van der Waals surface area contributed by atoms with Gasteiger partial charge in [-0.25, -0.2) is 0 Å². The predicted octanol–water partition coefficient (Wildman–Crippen LogP) is 4.45. The number of hydrogen-bond acceptors (Lipinski definition) is 3. The fourth-order valence-corrected chi connectivity index (χ4v) is 2.36. The van der Waals surface area contributed by atoms with Crippen LogP contribution in [0.3, 0.4) is 0 Å². The average Bonchev–Trinajstić information content (AvgIpc) is 2.61. The van der Waals surface area contributed by atoms with Gasteiger partial charge in [0.1, 0.15) is 12.4 Å². The van der Waals surface area contributed by atoms with Crippen molar-refractivity contribution >= 4 is 6.29 Å². The lowest BCUT2D eigenvalue weighted by atomic mass is 10.0. The lowest BCUT2D eigenvalue weighted by Crippen LogP contribution is -1.97. The number of carbonyl (C=O) groups is 1. The van der Waals surface area contributed by atoms with Gasteiger partial charge >= 0.3 is 0 Å². The van der Waals surface area contributed by atoms with E-state index in [2.05, 4.69) is 4.98 Å². The summed E-state index contributed by atoms with van der Waals surface area (Å²) in [6, 6.07) is 19.4. The van der Waals surface area contributed by atoms with Crippen molar-refractivity contribution in [3.05, 3.63) is 83.7 Å². The van der Waals surface area contributed by atoms with Crippen molar-refractivity contribution in [2.75, 3.05) is 0 Å². The van der Waals surface area contributed by atoms with E-state index in [9.17, 15) is 4.79 Å². The molecular weight excluding hydrogens is 286 g/mol. The third-order valence-corrected chi connectivity index (χ3v) is 3.62. The Kier molecular flexibility index (Phi) is 4.48. The molecule has 0 aliphatic heterocycles. The number of benzene rings is 2. The Bertz CT molecular complexity index is 796. The Morgan fingerprint density at radius 3 is 2.57 bits per heavy atom. The summed E-state index contributed by atoms with van der Waals surface area (Å²) in [5.74, 6) is 0.680. The molecule has 114 valence electrons. The van der Waals surface area contributed by atoms with Crippen molar-refractivity contribution in [3.63, 3.8) is 0 Å².